The molecule has 2 N–H and O–H groups in total. The van der Waals surface area contributed by atoms with Crippen LogP contribution in [0.15, 0.2) is 46.0 Å². The number of phenolic OH excluding ortho intramolecular Hbond substituents is 1. The van der Waals surface area contributed by atoms with Crippen LogP contribution >= 0.6 is 15.9 Å². The minimum absolute atomic E-state index is 0.0461. The van der Waals surface area contributed by atoms with Crippen LogP contribution in [-0.4, -0.2) is 24.3 Å². The van der Waals surface area contributed by atoms with Crippen LogP contribution < -0.4 is 10.2 Å². The molecule has 6 heteroatoms. The lowest BCUT2D eigenvalue weighted by Gasteiger charge is -2.06. The first-order valence-electron chi connectivity index (χ1n) is 6.48. The molecule has 0 saturated carbocycles. The fraction of sp³-hybridized carbons (Fsp3) is 0.125. The first-order chi connectivity index (χ1) is 10.5. The highest BCUT2D eigenvalue weighted by Gasteiger charge is 2.11. The first-order valence-corrected chi connectivity index (χ1v) is 7.27. The van der Waals surface area contributed by atoms with Crippen LogP contribution in [0.4, 0.5) is 0 Å². The number of carbonyl (C=O) groups is 1. The number of halogens is 1. The molecule has 0 aliphatic heterocycles. The quantitative estimate of drug-likeness (QED) is 0.647. The van der Waals surface area contributed by atoms with Crippen molar-refractivity contribution in [3.8, 4) is 11.5 Å². The van der Waals surface area contributed by atoms with E-state index in [2.05, 4.69) is 26.5 Å². The van der Waals surface area contributed by atoms with Crippen molar-refractivity contribution in [2.75, 3.05) is 7.11 Å². The van der Waals surface area contributed by atoms with Crippen molar-refractivity contribution in [1.29, 1.82) is 0 Å². The molecule has 22 heavy (non-hydrogen) atoms. The van der Waals surface area contributed by atoms with Gasteiger partial charge >= 0.3 is 0 Å². The predicted molar refractivity (Wildman–Crippen MR) is 88.6 cm³/mol. The summed E-state index contributed by atoms with van der Waals surface area (Å²) in [6.45, 7) is 1.72. The van der Waals surface area contributed by atoms with Gasteiger partial charge in [-0.1, -0.05) is 28.1 Å². The lowest BCUT2D eigenvalue weighted by molar-refractivity contribution is 0.0952. The number of hydrogen-bond acceptors (Lipinski definition) is 4. The molecule has 2 aromatic carbocycles. The normalized spacial score (nSPS) is 10.7. The molecular formula is C16H15BrN2O3. The summed E-state index contributed by atoms with van der Waals surface area (Å²) in [4.78, 5) is 12.0. The van der Waals surface area contributed by atoms with Gasteiger partial charge in [0.15, 0.2) is 0 Å². The monoisotopic (exact) mass is 362 g/mol. The van der Waals surface area contributed by atoms with E-state index in [-0.39, 0.29) is 11.3 Å². The molecule has 0 aliphatic carbocycles. The fourth-order valence-corrected chi connectivity index (χ4v) is 2.25. The molecule has 0 radical (unpaired) electrons. The largest absolute Gasteiger partial charge is 0.507 e. The predicted octanol–water partition coefficient (Wildman–Crippen LogP) is 3.24. The maximum Gasteiger partial charge on any atom is 0.275 e. The van der Waals surface area contributed by atoms with E-state index in [1.807, 2.05) is 12.1 Å². The van der Waals surface area contributed by atoms with Crippen LogP contribution in [0.5, 0.6) is 11.5 Å². The van der Waals surface area contributed by atoms with Gasteiger partial charge in [-0.2, -0.15) is 5.10 Å². The smallest absolute Gasteiger partial charge is 0.275 e. The van der Waals surface area contributed by atoms with Crippen molar-refractivity contribution in [1.82, 2.24) is 5.43 Å². The summed E-state index contributed by atoms with van der Waals surface area (Å²) in [5.74, 6) is 0.112. The van der Waals surface area contributed by atoms with Crippen molar-refractivity contribution >= 4 is 28.1 Å². The number of rotatable bonds is 4. The number of nitrogens with one attached hydrogen (secondary N) is 1. The molecule has 0 unspecified atom stereocenters. The molecule has 0 aliphatic rings. The van der Waals surface area contributed by atoms with Crippen LogP contribution in [0, 0.1) is 6.92 Å². The van der Waals surface area contributed by atoms with E-state index in [1.165, 1.54) is 12.3 Å². The number of nitrogens with zero attached hydrogens (tertiary/aromatic N) is 1. The Hall–Kier alpha value is -2.34. The fourth-order valence-electron chi connectivity index (χ4n) is 1.87. The number of hydrazone groups is 1. The Morgan fingerprint density at radius 1 is 1.36 bits per heavy atom. The zero-order valence-corrected chi connectivity index (χ0v) is 13.7. The molecule has 2 rings (SSSR count). The zero-order valence-electron chi connectivity index (χ0n) is 12.1. The second kappa shape index (κ2) is 7.09. The van der Waals surface area contributed by atoms with Gasteiger partial charge in [0.2, 0.25) is 0 Å². The number of benzene rings is 2. The number of ether oxygens (including phenoxy) is 1. The van der Waals surface area contributed by atoms with Crippen LogP contribution in [-0.2, 0) is 0 Å². The second-order valence-corrected chi connectivity index (χ2v) is 5.47. The van der Waals surface area contributed by atoms with Crippen LogP contribution in [0.2, 0.25) is 0 Å². The highest BCUT2D eigenvalue weighted by molar-refractivity contribution is 9.10. The average molecular weight is 363 g/mol. The third-order valence-corrected chi connectivity index (χ3v) is 3.54. The summed E-state index contributed by atoms with van der Waals surface area (Å²) < 4.78 is 6.09. The molecular weight excluding hydrogens is 348 g/mol. The standard InChI is InChI=1S/C16H15BrN2O3/c1-10-4-3-5-13(15(10)20)16(21)19-18-9-11-8-12(17)6-7-14(11)22-2/h3-9,20H,1-2H3,(H,19,21)/b18-9+. The van der Waals surface area contributed by atoms with Crippen LogP contribution in [0.25, 0.3) is 0 Å². The SMILES string of the molecule is COc1ccc(Br)cc1/C=N/NC(=O)c1cccc(C)c1O. The van der Waals surface area contributed by atoms with Crippen molar-refractivity contribution in [2.24, 2.45) is 5.10 Å². The number of amides is 1. The maximum absolute atomic E-state index is 12.0. The molecule has 0 spiro atoms. The Bertz CT molecular complexity index is 729. The van der Waals surface area contributed by atoms with E-state index in [9.17, 15) is 9.90 Å². The topological polar surface area (TPSA) is 70.9 Å². The van der Waals surface area contributed by atoms with Gasteiger partial charge in [0.05, 0.1) is 18.9 Å². The van der Waals surface area contributed by atoms with Gasteiger partial charge in [0, 0.05) is 10.0 Å². The van der Waals surface area contributed by atoms with E-state index < -0.39 is 5.91 Å². The molecule has 1 amide bonds. The second-order valence-electron chi connectivity index (χ2n) is 4.56. The molecule has 2 aromatic rings. The number of aryl methyl sites for hydroxylation is 1. The highest BCUT2D eigenvalue weighted by atomic mass is 79.9. The Balaban J connectivity index is 2.14. The van der Waals surface area contributed by atoms with Crippen molar-refractivity contribution in [2.45, 2.75) is 6.92 Å². The van der Waals surface area contributed by atoms with Gasteiger partial charge in [0.1, 0.15) is 11.5 Å². The van der Waals surface area contributed by atoms with Crippen LogP contribution in [0.1, 0.15) is 21.5 Å². The van der Waals surface area contributed by atoms with Gasteiger partial charge in [0.25, 0.3) is 5.91 Å². The summed E-state index contributed by atoms with van der Waals surface area (Å²) in [5, 5.41) is 13.8. The average Bonchev–Trinajstić information content (AvgIpc) is 2.50. The molecule has 114 valence electrons. The lowest BCUT2D eigenvalue weighted by Crippen LogP contribution is -2.18. The van der Waals surface area contributed by atoms with Gasteiger partial charge in [-0.25, -0.2) is 5.43 Å². The number of para-hydroxylation sites is 1. The third-order valence-electron chi connectivity index (χ3n) is 3.04. The van der Waals surface area contributed by atoms with E-state index >= 15 is 0 Å². The highest BCUT2D eigenvalue weighted by Crippen LogP contribution is 2.22. The minimum atomic E-state index is -0.480. The number of phenols is 1. The van der Waals surface area contributed by atoms with Crippen molar-refractivity contribution in [3.63, 3.8) is 0 Å². The summed E-state index contributed by atoms with van der Waals surface area (Å²) in [7, 11) is 1.56. The molecule has 0 bridgehead atoms. The first kappa shape index (κ1) is 16.0. The molecule has 0 atom stereocenters. The minimum Gasteiger partial charge on any atom is -0.507 e. The van der Waals surface area contributed by atoms with Gasteiger partial charge < -0.3 is 9.84 Å². The van der Waals surface area contributed by atoms with Crippen LogP contribution in [0.3, 0.4) is 0 Å². The Kier molecular flexibility index (Phi) is 5.16. The molecule has 0 saturated heterocycles. The molecule has 0 fully saturated rings. The number of methoxy groups -OCH3 is 1. The zero-order chi connectivity index (χ0) is 16.1. The molecule has 0 heterocycles. The van der Waals surface area contributed by atoms with E-state index in [4.69, 9.17) is 4.74 Å². The third kappa shape index (κ3) is 3.65. The van der Waals surface area contributed by atoms with Crippen molar-refractivity contribution < 1.29 is 14.6 Å². The molecule has 5 nitrogen and oxygen atoms in total. The summed E-state index contributed by atoms with van der Waals surface area (Å²) >= 11 is 3.36. The van der Waals surface area contributed by atoms with Gasteiger partial charge in [-0.05, 0) is 36.8 Å². The summed E-state index contributed by atoms with van der Waals surface area (Å²) in [6.07, 6.45) is 1.48. The van der Waals surface area contributed by atoms with Gasteiger partial charge in [-0.15, -0.1) is 0 Å². The summed E-state index contributed by atoms with van der Waals surface area (Å²) in [6, 6.07) is 10.4. The number of carbonyl (C=O) groups excluding carboxylic acids is 1. The number of hydrogen-bond donors (Lipinski definition) is 2. The summed E-state index contributed by atoms with van der Waals surface area (Å²) in [5.41, 5.74) is 3.91. The Labute approximate surface area is 136 Å². The Morgan fingerprint density at radius 2 is 2.14 bits per heavy atom. The van der Waals surface area contributed by atoms with E-state index in [0.29, 0.717) is 16.9 Å². The number of aromatic hydroxyl groups is 1. The lowest BCUT2D eigenvalue weighted by atomic mass is 10.1. The molecule has 0 aromatic heterocycles. The van der Waals surface area contributed by atoms with Crippen molar-refractivity contribution in [3.05, 3.63) is 57.6 Å². The van der Waals surface area contributed by atoms with E-state index in [0.717, 1.165) is 4.47 Å². The maximum atomic E-state index is 12.0. The Morgan fingerprint density at radius 3 is 2.86 bits per heavy atom. The van der Waals surface area contributed by atoms with E-state index in [1.54, 1.807) is 32.2 Å². The van der Waals surface area contributed by atoms with Gasteiger partial charge in [-0.3, -0.25) is 4.79 Å².